The number of carboxylic acid groups (broad SMARTS) is 1. The van der Waals surface area contributed by atoms with Crippen LogP contribution >= 0.6 is 23.4 Å². The van der Waals surface area contributed by atoms with Crippen molar-refractivity contribution in [3.05, 3.63) is 81.5 Å². The molecule has 0 spiro atoms. The van der Waals surface area contributed by atoms with Crippen LogP contribution < -0.4 is 9.47 Å². The number of hydrogen-bond acceptors (Lipinski definition) is 6. The van der Waals surface area contributed by atoms with Gasteiger partial charge in [0, 0.05) is 22.6 Å². The Bertz CT molecular complexity index is 1210. The Hall–Kier alpha value is -3.23. The van der Waals surface area contributed by atoms with Crippen molar-refractivity contribution in [1.29, 1.82) is 0 Å². The molecule has 0 aliphatic carbocycles. The number of nitrogens with zero attached hydrogens (tertiary/aromatic N) is 2. The Balaban J connectivity index is 1.95. The van der Waals surface area contributed by atoms with Crippen LogP contribution in [-0.4, -0.2) is 32.9 Å². The van der Waals surface area contributed by atoms with Gasteiger partial charge in [-0.25, -0.2) is 9.78 Å². The highest BCUT2D eigenvalue weighted by Gasteiger charge is 2.17. The van der Waals surface area contributed by atoms with Gasteiger partial charge in [-0.15, -0.1) is 11.7 Å². The zero-order valence-electron chi connectivity index (χ0n) is 19.7. The number of carbonyl (C=O) groups is 1. The lowest BCUT2D eigenvalue weighted by Crippen LogP contribution is -2.04. The second-order valence-corrected chi connectivity index (χ2v) is 8.96. The molecule has 1 heterocycles. The van der Waals surface area contributed by atoms with E-state index in [-0.39, 0.29) is 11.5 Å². The van der Waals surface area contributed by atoms with Crippen LogP contribution in [-0.2, 0) is 24.2 Å². The van der Waals surface area contributed by atoms with E-state index in [0.717, 1.165) is 41.6 Å². The second kappa shape index (κ2) is 13.0. The van der Waals surface area contributed by atoms with Gasteiger partial charge in [0.05, 0.1) is 6.61 Å². The van der Waals surface area contributed by atoms with E-state index in [1.54, 1.807) is 18.2 Å². The molecule has 3 aromatic rings. The van der Waals surface area contributed by atoms with Crippen molar-refractivity contribution in [3.8, 4) is 11.5 Å². The van der Waals surface area contributed by atoms with E-state index >= 15 is 0 Å². The summed E-state index contributed by atoms with van der Waals surface area (Å²) < 4.78 is 12.0. The molecule has 0 amide bonds. The predicted octanol–water partition coefficient (Wildman–Crippen LogP) is 6.33. The lowest BCUT2D eigenvalue weighted by molar-refractivity contribution is -0.131. The summed E-state index contributed by atoms with van der Waals surface area (Å²) >= 11 is 7.28. The summed E-state index contributed by atoms with van der Waals surface area (Å²) in [4.78, 5) is 16.4. The molecule has 0 saturated carbocycles. The molecule has 2 N–H and O–H groups in total. The van der Waals surface area contributed by atoms with Crippen molar-refractivity contribution < 1.29 is 19.4 Å². The van der Waals surface area contributed by atoms with Crippen molar-refractivity contribution in [2.24, 2.45) is 0 Å². The molecule has 0 aliphatic heterocycles. The zero-order valence-corrected chi connectivity index (χ0v) is 21.3. The maximum atomic E-state index is 12.0. The number of aryl methyl sites for hydroxylation is 1. The van der Waals surface area contributed by atoms with E-state index in [9.17, 15) is 9.90 Å². The monoisotopic (exact) mass is 513 g/mol. The van der Waals surface area contributed by atoms with Crippen LogP contribution in [0, 0.1) is 0 Å². The average molecular weight is 514 g/mol. The number of nitrogens with one attached hydrogen (secondary N) is 1. The molecule has 0 aliphatic rings. The summed E-state index contributed by atoms with van der Waals surface area (Å²) in [5.41, 5.74) is 2.33. The number of benzene rings is 2. The van der Waals surface area contributed by atoms with Gasteiger partial charge < -0.3 is 14.6 Å². The largest absolute Gasteiger partial charge is 0.490 e. The molecule has 2 aromatic carbocycles. The first kappa shape index (κ1) is 26.4. The lowest BCUT2D eigenvalue weighted by atomic mass is 10.0. The van der Waals surface area contributed by atoms with E-state index in [4.69, 9.17) is 21.1 Å². The summed E-state index contributed by atoms with van der Waals surface area (Å²) in [5.74, 6) is 0.750. The minimum atomic E-state index is -1.07. The van der Waals surface area contributed by atoms with Gasteiger partial charge in [0.25, 0.3) is 0 Å². The first-order valence-electron chi connectivity index (χ1n) is 11.3. The van der Waals surface area contributed by atoms with Crippen LogP contribution in [0.25, 0.3) is 6.08 Å². The van der Waals surface area contributed by atoms with Gasteiger partial charge in [0.2, 0.25) is 5.16 Å². The van der Waals surface area contributed by atoms with Crippen molar-refractivity contribution in [2.45, 2.75) is 44.9 Å². The van der Waals surface area contributed by atoms with Crippen LogP contribution in [0.1, 0.15) is 42.8 Å². The number of rotatable bonds is 13. The smallest absolute Gasteiger partial charge is 0.342 e. The number of thioether (sulfide) groups is 1. The van der Waals surface area contributed by atoms with E-state index in [0.29, 0.717) is 40.3 Å². The molecule has 0 atom stereocenters. The Morgan fingerprint density at radius 1 is 1.23 bits per heavy atom. The van der Waals surface area contributed by atoms with E-state index < -0.39 is 5.97 Å². The zero-order chi connectivity index (χ0) is 25.2. The maximum absolute atomic E-state index is 12.0. The molecule has 1 aromatic heterocycles. The van der Waals surface area contributed by atoms with Gasteiger partial charge in [-0.1, -0.05) is 42.8 Å². The quantitative estimate of drug-likeness (QED) is 0.156. The molecule has 0 unspecified atom stereocenters. The maximum Gasteiger partial charge on any atom is 0.342 e. The topological polar surface area (TPSA) is 97.3 Å². The fraction of sp³-hybridized carbons (Fsp3) is 0.269. The van der Waals surface area contributed by atoms with E-state index in [1.807, 2.05) is 44.2 Å². The van der Waals surface area contributed by atoms with E-state index in [1.165, 1.54) is 0 Å². The van der Waals surface area contributed by atoms with Crippen LogP contribution in [0.5, 0.6) is 11.5 Å². The molecule has 35 heavy (non-hydrogen) atoms. The third-order valence-corrected chi connectivity index (χ3v) is 6.10. The molecular weight excluding hydrogens is 486 g/mol. The van der Waals surface area contributed by atoms with E-state index in [2.05, 4.69) is 21.8 Å². The first-order valence-corrected chi connectivity index (χ1v) is 12.5. The predicted molar refractivity (Wildman–Crippen MR) is 139 cm³/mol. The summed E-state index contributed by atoms with van der Waals surface area (Å²) in [6, 6.07) is 11.1. The summed E-state index contributed by atoms with van der Waals surface area (Å²) in [6.45, 7) is 8.44. The molecule has 9 heteroatoms. The van der Waals surface area contributed by atoms with Gasteiger partial charge in [0.15, 0.2) is 11.5 Å². The van der Waals surface area contributed by atoms with Crippen molar-refractivity contribution >= 4 is 35.4 Å². The van der Waals surface area contributed by atoms with Crippen molar-refractivity contribution in [2.75, 3.05) is 6.61 Å². The number of H-pyrrole nitrogens is 1. The Labute approximate surface area is 214 Å². The van der Waals surface area contributed by atoms with Crippen molar-refractivity contribution in [1.82, 2.24) is 15.2 Å². The van der Waals surface area contributed by atoms with Crippen LogP contribution in [0.2, 0.25) is 5.02 Å². The molecule has 0 saturated heterocycles. The number of aromatic nitrogens is 3. The number of aromatic amines is 1. The highest BCUT2D eigenvalue weighted by molar-refractivity contribution is 8.04. The number of hydrogen-bond donors (Lipinski definition) is 2. The fourth-order valence-corrected chi connectivity index (χ4v) is 4.24. The van der Waals surface area contributed by atoms with Crippen LogP contribution in [0.4, 0.5) is 0 Å². The highest BCUT2D eigenvalue weighted by Crippen LogP contribution is 2.36. The van der Waals surface area contributed by atoms with Crippen molar-refractivity contribution in [3.63, 3.8) is 0 Å². The van der Waals surface area contributed by atoms with Crippen LogP contribution in [0.3, 0.4) is 0 Å². The third kappa shape index (κ3) is 7.37. The van der Waals surface area contributed by atoms with Gasteiger partial charge in [-0.3, -0.25) is 5.10 Å². The van der Waals surface area contributed by atoms with Gasteiger partial charge >= 0.3 is 5.97 Å². The fourth-order valence-electron chi connectivity index (χ4n) is 3.32. The number of aliphatic carboxylic acids is 1. The molecular formula is C26H28ClN3O4S. The van der Waals surface area contributed by atoms with Gasteiger partial charge in [-0.05, 0) is 61.4 Å². The molecule has 0 bridgehead atoms. The minimum Gasteiger partial charge on any atom is -0.490 e. The molecule has 3 rings (SSSR count). The molecule has 0 fully saturated rings. The second-order valence-electron chi connectivity index (χ2n) is 7.54. The number of carboxylic acids is 1. The standard InChI is InChI=1S/C26H28ClN3O4S/c1-4-9-18-13-17(15-22(25(31)32)35-26-28-23(10-5-2)29-30-26)14-21(33-6-3)24(18)34-16-19-11-7-8-12-20(19)27/h4,7-8,11-15H,1,5-6,9-10,16H2,2-3H3,(H,31,32)(H,28,29,30)/b22-15+. The summed E-state index contributed by atoms with van der Waals surface area (Å²) in [5, 5.41) is 17.7. The number of ether oxygens (including phenoxy) is 2. The molecule has 0 radical (unpaired) electrons. The normalized spacial score (nSPS) is 11.3. The Morgan fingerprint density at radius 2 is 2.03 bits per heavy atom. The van der Waals surface area contributed by atoms with Gasteiger partial charge in [0.1, 0.15) is 17.3 Å². The summed E-state index contributed by atoms with van der Waals surface area (Å²) in [6.07, 6.45) is 5.51. The molecule has 7 nitrogen and oxygen atoms in total. The SMILES string of the molecule is C=CCc1cc(/C=C(/Sc2n[nH]c(CCC)n2)C(=O)O)cc(OCC)c1OCc1ccccc1Cl. The van der Waals surface area contributed by atoms with Crippen LogP contribution in [0.15, 0.2) is 59.1 Å². The first-order chi connectivity index (χ1) is 16.9. The number of allylic oxidation sites excluding steroid dienone is 1. The Morgan fingerprint density at radius 3 is 2.71 bits per heavy atom. The average Bonchev–Trinajstić information content (AvgIpc) is 3.27. The van der Waals surface area contributed by atoms with Gasteiger partial charge in [-0.2, -0.15) is 0 Å². The minimum absolute atomic E-state index is 0.0868. The Kier molecular flexibility index (Phi) is 9.81. The summed E-state index contributed by atoms with van der Waals surface area (Å²) in [7, 11) is 0. The molecule has 184 valence electrons. The highest BCUT2D eigenvalue weighted by atomic mass is 35.5. The lowest BCUT2D eigenvalue weighted by Gasteiger charge is -2.17. The third-order valence-electron chi connectivity index (χ3n) is 4.86. The number of halogens is 1.